The van der Waals surface area contributed by atoms with Crippen LogP contribution in [0.2, 0.25) is 0 Å². The Hall–Kier alpha value is -3.44. The van der Waals surface area contributed by atoms with Crippen LogP contribution in [-0.4, -0.2) is 52.5 Å². The number of halogens is 3. The third-order valence-electron chi connectivity index (χ3n) is 8.58. The highest BCUT2D eigenvalue weighted by Gasteiger charge is 2.42. The molecule has 0 bridgehead atoms. The van der Waals surface area contributed by atoms with Gasteiger partial charge in [-0.1, -0.05) is 12.1 Å². The van der Waals surface area contributed by atoms with Crippen molar-refractivity contribution < 1.29 is 27.8 Å². The minimum atomic E-state index is -3.73. The number of benzene rings is 2. The van der Waals surface area contributed by atoms with Crippen molar-refractivity contribution in [2.45, 2.75) is 63.0 Å². The van der Waals surface area contributed by atoms with E-state index in [1.54, 1.807) is 25.9 Å². The number of fused-ring (bicyclic) bond motifs is 1. The average Bonchev–Trinajstić information content (AvgIpc) is 3.80. The van der Waals surface area contributed by atoms with E-state index in [1.807, 2.05) is 12.1 Å². The van der Waals surface area contributed by atoms with Crippen molar-refractivity contribution in [3.63, 3.8) is 0 Å². The summed E-state index contributed by atoms with van der Waals surface area (Å²) < 4.78 is 51.0. The Kier molecular flexibility index (Phi) is 7.63. The molecule has 1 saturated heterocycles. The zero-order chi connectivity index (χ0) is 29.7. The normalized spacial score (nSPS) is 18.0. The molecule has 1 aromatic heterocycles. The fourth-order valence-electron chi connectivity index (χ4n) is 5.95. The average molecular weight is 573 g/mol. The van der Waals surface area contributed by atoms with E-state index in [2.05, 4.69) is 10.4 Å². The predicted molar refractivity (Wildman–Crippen MR) is 149 cm³/mol. The topological polar surface area (TPSA) is 96.7 Å². The Labute approximate surface area is 236 Å². The summed E-state index contributed by atoms with van der Waals surface area (Å²) in [6.45, 7) is 2.73. The van der Waals surface area contributed by atoms with Gasteiger partial charge in [0.15, 0.2) is 5.82 Å². The number of nitrogens with one attached hydrogen (secondary N) is 1. The second kappa shape index (κ2) is 10.8. The summed E-state index contributed by atoms with van der Waals surface area (Å²) in [5, 5.41) is 17.6. The lowest BCUT2D eigenvalue weighted by atomic mass is 9.79. The molecule has 1 amide bonds. The van der Waals surface area contributed by atoms with Crippen LogP contribution in [0.25, 0.3) is 10.8 Å². The standard InChI is InChI=1S/C30H35F3N4O4/c1-17(20-6-5-7-24(26(20)31)30(32,33)16-38)34-27-22-15-25(29(41-4)10-12-37(13-11-29)18(2)39)21(19-8-9-19)14-23(22)28(40)36(3)35-27/h5-7,14-15,17,19,38H,8-13,16H2,1-4H3,(H,34,35)/t17-/m1/s1. The molecule has 11 heteroatoms. The molecule has 1 aliphatic carbocycles. The molecule has 41 heavy (non-hydrogen) atoms. The first-order valence-electron chi connectivity index (χ1n) is 13.8. The lowest BCUT2D eigenvalue weighted by molar-refractivity contribution is -0.135. The molecule has 5 rings (SSSR count). The number of hydrogen-bond donors (Lipinski definition) is 2. The van der Waals surface area contributed by atoms with E-state index in [-0.39, 0.29) is 17.0 Å². The van der Waals surface area contributed by atoms with Gasteiger partial charge in [0.25, 0.3) is 11.5 Å². The number of amides is 1. The van der Waals surface area contributed by atoms with Crippen LogP contribution < -0.4 is 10.9 Å². The third-order valence-corrected chi connectivity index (χ3v) is 8.58. The Morgan fingerprint density at radius 3 is 2.51 bits per heavy atom. The molecule has 0 spiro atoms. The Bertz CT molecular complexity index is 1540. The Morgan fingerprint density at radius 2 is 1.93 bits per heavy atom. The zero-order valence-corrected chi connectivity index (χ0v) is 23.6. The Morgan fingerprint density at radius 1 is 1.24 bits per heavy atom. The van der Waals surface area contributed by atoms with E-state index in [0.29, 0.717) is 48.4 Å². The van der Waals surface area contributed by atoms with Gasteiger partial charge in [0.2, 0.25) is 5.91 Å². The molecule has 2 heterocycles. The summed E-state index contributed by atoms with van der Waals surface area (Å²) in [5.41, 5.74) is 0.111. The van der Waals surface area contributed by atoms with Gasteiger partial charge < -0.3 is 20.1 Å². The minimum absolute atomic E-state index is 0.0110. The number of likely N-dealkylation sites (tertiary alicyclic amines) is 1. The summed E-state index contributed by atoms with van der Waals surface area (Å²) in [5.74, 6) is -4.25. The van der Waals surface area contributed by atoms with Crippen LogP contribution in [0.15, 0.2) is 35.1 Å². The van der Waals surface area contributed by atoms with Gasteiger partial charge >= 0.3 is 0 Å². The smallest absolute Gasteiger partial charge is 0.298 e. The van der Waals surface area contributed by atoms with E-state index in [0.717, 1.165) is 30.0 Å². The van der Waals surface area contributed by atoms with Gasteiger partial charge in [0.05, 0.1) is 22.6 Å². The van der Waals surface area contributed by atoms with Crippen molar-refractivity contribution in [1.82, 2.24) is 14.7 Å². The van der Waals surface area contributed by atoms with Crippen LogP contribution >= 0.6 is 0 Å². The van der Waals surface area contributed by atoms with Crippen LogP contribution in [0.5, 0.6) is 0 Å². The summed E-state index contributed by atoms with van der Waals surface area (Å²) in [7, 11) is 3.19. The maximum absolute atomic E-state index is 15.3. The van der Waals surface area contributed by atoms with Crippen LogP contribution in [-0.2, 0) is 28.1 Å². The van der Waals surface area contributed by atoms with Crippen molar-refractivity contribution in [3.05, 3.63) is 68.8 Å². The van der Waals surface area contributed by atoms with Crippen molar-refractivity contribution >= 4 is 22.5 Å². The molecule has 2 aromatic carbocycles. The van der Waals surface area contributed by atoms with E-state index in [1.165, 1.54) is 23.9 Å². The summed E-state index contributed by atoms with van der Waals surface area (Å²) in [6, 6.07) is 6.69. The number of alkyl halides is 2. The molecule has 1 atom stereocenters. The van der Waals surface area contributed by atoms with E-state index in [9.17, 15) is 18.4 Å². The number of nitrogens with zero attached hydrogens (tertiary/aromatic N) is 3. The number of aliphatic hydroxyl groups excluding tert-OH is 1. The quantitative estimate of drug-likeness (QED) is 0.407. The molecule has 220 valence electrons. The number of methoxy groups -OCH3 is 1. The van der Waals surface area contributed by atoms with Gasteiger partial charge in [-0.3, -0.25) is 9.59 Å². The lowest BCUT2D eigenvalue weighted by Gasteiger charge is -2.42. The van der Waals surface area contributed by atoms with Gasteiger partial charge in [0.1, 0.15) is 12.4 Å². The van der Waals surface area contributed by atoms with Crippen molar-refractivity contribution in [3.8, 4) is 0 Å². The fraction of sp³-hybridized carbons (Fsp3) is 0.500. The maximum Gasteiger partial charge on any atom is 0.298 e. The molecule has 2 N–H and O–H groups in total. The molecular weight excluding hydrogens is 537 g/mol. The van der Waals surface area contributed by atoms with Gasteiger partial charge in [0, 0.05) is 45.1 Å². The minimum Gasteiger partial charge on any atom is -0.390 e. The van der Waals surface area contributed by atoms with Crippen molar-refractivity contribution in [2.75, 3.05) is 32.1 Å². The van der Waals surface area contributed by atoms with Crippen molar-refractivity contribution in [2.24, 2.45) is 7.05 Å². The van der Waals surface area contributed by atoms with E-state index in [4.69, 9.17) is 9.84 Å². The number of ether oxygens (including phenoxy) is 1. The monoisotopic (exact) mass is 572 g/mol. The highest BCUT2D eigenvalue weighted by molar-refractivity contribution is 5.93. The lowest BCUT2D eigenvalue weighted by Crippen LogP contribution is -2.45. The number of rotatable bonds is 8. The number of hydrogen-bond acceptors (Lipinski definition) is 6. The molecular formula is C30H35F3N4O4. The third kappa shape index (κ3) is 5.21. The predicted octanol–water partition coefficient (Wildman–Crippen LogP) is 4.69. The van der Waals surface area contributed by atoms with Crippen molar-refractivity contribution in [1.29, 1.82) is 0 Å². The fourth-order valence-corrected chi connectivity index (χ4v) is 5.95. The number of anilines is 1. The number of aliphatic hydroxyl groups is 1. The van der Waals surface area contributed by atoms with E-state index < -0.39 is 35.6 Å². The number of aromatic nitrogens is 2. The zero-order valence-electron chi connectivity index (χ0n) is 23.6. The van der Waals surface area contributed by atoms with Gasteiger partial charge in [-0.25, -0.2) is 9.07 Å². The summed E-state index contributed by atoms with van der Waals surface area (Å²) >= 11 is 0. The van der Waals surface area contributed by atoms with E-state index >= 15 is 4.39 Å². The summed E-state index contributed by atoms with van der Waals surface area (Å²) in [4.78, 5) is 27.1. The second-order valence-corrected chi connectivity index (χ2v) is 11.2. The van der Waals surface area contributed by atoms with Gasteiger partial charge in [-0.05, 0) is 67.9 Å². The largest absolute Gasteiger partial charge is 0.390 e. The first kappa shape index (κ1) is 29.1. The highest BCUT2D eigenvalue weighted by atomic mass is 19.3. The molecule has 8 nitrogen and oxygen atoms in total. The number of carbonyl (C=O) groups is 1. The second-order valence-electron chi connectivity index (χ2n) is 11.2. The molecule has 0 radical (unpaired) electrons. The molecule has 2 aliphatic rings. The molecule has 1 saturated carbocycles. The molecule has 0 unspecified atom stereocenters. The van der Waals surface area contributed by atoms with Gasteiger partial charge in [-0.2, -0.15) is 13.9 Å². The first-order valence-corrected chi connectivity index (χ1v) is 13.8. The maximum atomic E-state index is 15.3. The number of piperidine rings is 1. The van der Waals surface area contributed by atoms with Crippen LogP contribution in [0.4, 0.5) is 19.0 Å². The Balaban J connectivity index is 1.61. The molecule has 3 aromatic rings. The SMILES string of the molecule is COC1(c2cc3c(N[C@H](C)c4cccc(C(F)(F)CO)c4F)nn(C)c(=O)c3cc2C2CC2)CCN(C(C)=O)CC1. The number of aryl methyl sites for hydroxylation is 1. The van der Waals surface area contributed by atoms with Gasteiger partial charge in [-0.15, -0.1) is 0 Å². The summed E-state index contributed by atoms with van der Waals surface area (Å²) in [6.07, 6.45) is 3.17. The highest BCUT2D eigenvalue weighted by Crippen LogP contribution is 2.49. The molecule has 2 fully saturated rings. The number of carbonyl (C=O) groups excluding carboxylic acids is 1. The van der Waals surface area contributed by atoms with Crippen LogP contribution in [0.1, 0.15) is 73.7 Å². The van der Waals surface area contributed by atoms with Crippen LogP contribution in [0.3, 0.4) is 0 Å². The molecule has 1 aliphatic heterocycles. The first-order chi connectivity index (χ1) is 19.4. The van der Waals surface area contributed by atoms with Crippen LogP contribution in [0, 0.1) is 5.82 Å².